The fraction of sp³-hybridized carbons (Fsp3) is 0.536. The smallest absolute Gasteiger partial charge is 0.251 e. The van der Waals surface area contributed by atoms with Crippen molar-refractivity contribution in [3.8, 4) is 5.88 Å². The number of carbonyl (C=O) groups is 1. The van der Waals surface area contributed by atoms with Gasteiger partial charge in [0.15, 0.2) is 5.88 Å². The Bertz CT molecular complexity index is 1310. The number of aromatic nitrogens is 3. The van der Waals surface area contributed by atoms with Gasteiger partial charge < -0.3 is 25.0 Å². The largest absolute Gasteiger partial charge is 0.494 e. The number of aromatic hydroxyl groups is 1. The average Bonchev–Trinajstić information content (AvgIpc) is 3.68. The van der Waals surface area contributed by atoms with Gasteiger partial charge >= 0.3 is 0 Å². The molecule has 3 saturated heterocycles. The number of fused-ring (bicyclic) bond motifs is 3. The number of hydrogen-bond donors (Lipinski definition) is 3. The Labute approximate surface area is 216 Å². The van der Waals surface area contributed by atoms with Crippen molar-refractivity contribution in [2.45, 2.75) is 76.1 Å². The van der Waals surface area contributed by atoms with Crippen LogP contribution in [0.5, 0.6) is 5.88 Å². The van der Waals surface area contributed by atoms with Crippen molar-refractivity contribution in [3.63, 3.8) is 0 Å². The van der Waals surface area contributed by atoms with E-state index in [4.69, 9.17) is 9.73 Å². The van der Waals surface area contributed by atoms with Gasteiger partial charge in [0.2, 0.25) is 0 Å². The maximum Gasteiger partial charge on any atom is 0.251 e. The molecule has 2 unspecified atom stereocenters. The second kappa shape index (κ2) is 9.95. The van der Waals surface area contributed by atoms with Gasteiger partial charge in [0.05, 0.1) is 35.8 Å². The third-order valence-corrected chi connectivity index (χ3v) is 8.48. The van der Waals surface area contributed by atoms with Crippen LogP contribution in [0.25, 0.3) is 10.9 Å². The van der Waals surface area contributed by atoms with E-state index in [1.807, 2.05) is 31.5 Å². The van der Waals surface area contributed by atoms with Gasteiger partial charge in [0.1, 0.15) is 5.69 Å². The lowest BCUT2D eigenvalue weighted by atomic mass is 9.98. The molecule has 9 heteroatoms. The monoisotopic (exact) mass is 504 g/mol. The number of rotatable bonds is 7. The van der Waals surface area contributed by atoms with Crippen molar-refractivity contribution < 1.29 is 14.6 Å². The van der Waals surface area contributed by atoms with Crippen molar-refractivity contribution in [1.82, 2.24) is 25.0 Å². The minimum absolute atomic E-state index is 0.0619. The van der Waals surface area contributed by atoms with Crippen LogP contribution in [0.2, 0.25) is 0 Å². The predicted molar refractivity (Wildman–Crippen MR) is 143 cm³/mol. The fourth-order valence-corrected chi connectivity index (χ4v) is 6.38. The lowest BCUT2D eigenvalue weighted by molar-refractivity contribution is 0.0858. The van der Waals surface area contributed by atoms with E-state index >= 15 is 0 Å². The second-order valence-corrected chi connectivity index (χ2v) is 10.7. The summed E-state index contributed by atoms with van der Waals surface area (Å²) in [5.74, 6) is -0.0841. The lowest BCUT2D eigenvalue weighted by Crippen LogP contribution is -2.40. The first-order chi connectivity index (χ1) is 18.0. The summed E-state index contributed by atoms with van der Waals surface area (Å²) in [6.45, 7) is 3.29. The Kier molecular flexibility index (Phi) is 6.50. The summed E-state index contributed by atoms with van der Waals surface area (Å²) < 4.78 is 7.69. The zero-order chi connectivity index (χ0) is 25.5. The first-order valence-electron chi connectivity index (χ1n) is 13.6. The number of carbonyl (C=O) groups excluding carboxylic acids is 1. The maximum absolute atomic E-state index is 12.8. The van der Waals surface area contributed by atoms with Crippen molar-refractivity contribution >= 4 is 28.2 Å². The Balaban J connectivity index is 1.24. The third kappa shape index (κ3) is 4.66. The molecule has 2 bridgehead atoms. The first kappa shape index (κ1) is 24.2. The molecule has 3 aliphatic heterocycles. The zero-order valence-electron chi connectivity index (χ0n) is 21.6. The molecule has 1 amide bonds. The summed E-state index contributed by atoms with van der Waals surface area (Å²) in [5.41, 5.74) is 3.48. The number of aliphatic imine (C=N–C) groups is 1. The molecule has 6 rings (SSSR count). The van der Waals surface area contributed by atoms with E-state index in [2.05, 4.69) is 32.0 Å². The van der Waals surface area contributed by atoms with Crippen molar-refractivity contribution in [2.75, 3.05) is 20.2 Å². The molecule has 3 N–H and O–H groups in total. The molecule has 1 aromatic carbocycles. The summed E-state index contributed by atoms with van der Waals surface area (Å²) in [6.07, 6.45) is 11.4. The van der Waals surface area contributed by atoms with Crippen LogP contribution in [-0.4, -0.2) is 74.8 Å². The summed E-state index contributed by atoms with van der Waals surface area (Å²) >= 11 is 0. The molecule has 37 heavy (non-hydrogen) atoms. The third-order valence-electron chi connectivity index (χ3n) is 8.48. The van der Waals surface area contributed by atoms with Gasteiger partial charge in [-0.25, -0.2) is 4.99 Å². The first-order valence-corrected chi connectivity index (χ1v) is 13.6. The van der Waals surface area contributed by atoms with Crippen LogP contribution < -0.4 is 5.32 Å². The molecule has 0 radical (unpaired) electrons. The van der Waals surface area contributed by atoms with E-state index in [1.54, 1.807) is 6.07 Å². The fourth-order valence-electron chi connectivity index (χ4n) is 6.38. The van der Waals surface area contributed by atoms with Crippen molar-refractivity contribution in [3.05, 3.63) is 41.7 Å². The van der Waals surface area contributed by atoms with Crippen LogP contribution >= 0.6 is 0 Å². The second-order valence-electron chi connectivity index (χ2n) is 10.7. The van der Waals surface area contributed by atoms with Crippen LogP contribution in [-0.2, 0) is 4.74 Å². The van der Waals surface area contributed by atoms with E-state index in [0.717, 1.165) is 54.6 Å². The van der Waals surface area contributed by atoms with Crippen molar-refractivity contribution in [1.29, 1.82) is 0 Å². The number of H-pyrrole nitrogens is 1. The van der Waals surface area contributed by atoms with Crippen LogP contribution in [0, 0.1) is 0 Å². The van der Waals surface area contributed by atoms with Crippen LogP contribution in [0.15, 0.2) is 35.6 Å². The molecule has 9 nitrogen and oxygen atoms in total. The minimum atomic E-state index is -0.146. The Hall–Kier alpha value is -3.17. The molecule has 3 fully saturated rings. The summed E-state index contributed by atoms with van der Waals surface area (Å²) in [5, 5.41) is 19.2. The van der Waals surface area contributed by atoms with Crippen LogP contribution in [0.4, 0.5) is 5.69 Å². The number of nitrogens with one attached hydrogen (secondary N) is 2. The average molecular weight is 505 g/mol. The number of hydrogen-bond acceptors (Lipinski definition) is 6. The molecule has 3 aliphatic rings. The molecule has 5 heterocycles. The summed E-state index contributed by atoms with van der Waals surface area (Å²) in [4.78, 5) is 23.3. The molecule has 0 saturated carbocycles. The number of piperidine rings is 1. The zero-order valence-corrected chi connectivity index (χ0v) is 21.6. The normalized spacial score (nSPS) is 26.3. The summed E-state index contributed by atoms with van der Waals surface area (Å²) in [7, 11) is 2.25. The van der Waals surface area contributed by atoms with Crippen LogP contribution in [0.1, 0.15) is 73.8 Å². The Morgan fingerprint density at radius 1 is 1.24 bits per heavy atom. The highest BCUT2D eigenvalue weighted by Gasteiger charge is 2.39. The standard InChI is InChI=1S/C28H36N6O3/c1-3-24(31-18-14-30-34(16-18)21-12-19-7-8-20(13-21)33(19)2)26-23-11-17(6-9-25(23)32-28(26)36)27(35)29-15-22-5-4-10-37-22/h6,9,11,14,16,19-22,32,36H,3-5,7-8,10,12-13,15H2,1-2H3,(H,29,35)/t19?,20?,21?,22-/m1/s1. The molecule has 0 aliphatic carbocycles. The number of ether oxygens (including phenoxy) is 1. The van der Waals surface area contributed by atoms with E-state index in [0.29, 0.717) is 42.2 Å². The molecule has 0 spiro atoms. The molecular formula is C28H36N6O3. The van der Waals surface area contributed by atoms with E-state index < -0.39 is 0 Å². The Morgan fingerprint density at radius 2 is 2.05 bits per heavy atom. The molecular weight excluding hydrogens is 468 g/mol. The highest BCUT2D eigenvalue weighted by molar-refractivity contribution is 6.14. The van der Waals surface area contributed by atoms with Crippen molar-refractivity contribution in [2.24, 2.45) is 4.99 Å². The van der Waals surface area contributed by atoms with Gasteiger partial charge in [-0.05, 0) is 70.2 Å². The lowest BCUT2D eigenvalue weighted by Gasteiger charge is -2.36. The highest BCUT2D eigenvalue weighted by atomic mass is 16.5. The van der Waals surface area contributed by atoms with Gasteiger partial charge in [0.25, 0.3) is 5.91 Å². The van der Waals surface area contributed by atoms with Crippen LogP contribution in [0.3, 0.4) is 0 Å². The number of benzene rings is 1. The number of amides is 1. The van der Waals surface area contributed by atoms with Gasteiger partial charge in [-0.3, -0.25) is 9.48 Å². The van der Waals surface area contributed by atoms with E-state index in [-0.39, 0.29) is 17.9 Å². The predicted octanol–water partition coefficient (Wildman–Crippen LogP) is 4.31. The molecule has 196 valence electrons. The van der Waals surface area contributed by atoms with E-state index in [1.165, 1.54) is 12.8 Å². The minimum Gasteiger partial charge on any atom is -0.494 e. The number of nitrogens with zero attached hydrogens (tertiary/aromatic N) is 4. The van der Waals surface area contributed by atoms with Gasteiger partial charge in [0, 0.05) is 41.7 Å². The van der Waals surface area contributed by atoms with Gasteiger partial charge in [-0.15, -0.1) is 0 Å². The highest BCUT2D eigenvalue weighted by Crippen LogP contribution is 2.40. The molecule has 2 aromatic heterocycles. The van der Waals surface area contributed by atoms with Gasteiger partial charge in [-0.2, -0.15) is 5.10 Å². The Morgan fingerprint density at radius 3 is 2.78 bits per heavy atom. The molecule has 3 atom stereocenters. The molecule has 3 aromatic rings. The SMILES string of the molecule is CCC(=Nc1cnn(C2CC3CCC(C2)N3C)c1)c1c(O)[nH]c2ccc(C(=O)NC[C@H]3CCCO3)cc12. The van der Waals surface area contributed by atoms with E-state index in [9.17, 15) is 9.90 Å². The summed E-state index contributed by atoms with van der Waals surface area (Å²) in [6, 6.07) is 7.13. The topological polar surface area (TPSA) is 108 Å². The van der Waals surface area contributed by atoms with Gasteiger partial charge in [-0.1, -0.05) is 6.92 Å². The maximum atomic E-state index is 12.8. The number of aromatic amines is 1. The quantitative estimate of drug-likeness (QED) is 0.416.